The molecule has 0 saturated heterocycles. The molecule has 0 fully saturated rings. The standard InChI is InChI=1S/C54H34/c1-3-15-35(16-4-1)39-31-33-49-45-23-9-7-19-41(45)43-21-11-13-25-47(43)53(49)51(39)37-27-29-38(30-28-37)52-40(36-17-5-2-6-18-36)32-34-50-46-24-10-8-20-42(46)44-22-12-14-26-48(44)54(50)52/h1-34H. The predicted molar refractivity (Wildman–Crippen MR) is 233 cm³/mol. The van der Waals surface area contributed by atoms with E-state index in [0.717, 1.165) is 0 Å². The third-order valence-corrected chi connectivity index (χ3v) is 11.5. The molecule has 0 nitrogen and oxygen atoms in total. The summed E-state index contributed by atoms with van der Waals surface area (Å²) in [6, 6.07) is 76.0. The van der Waals surface area contributed by atoms with Crippen LogP contribution in [0.15, 0.2) is 206 Å². The molecule has 11 aromatic carbocycles. The number of benzene rings is 11. The number of hydrogen-bond donors (Lipinski definition) is 0. The van der Waals surface area contributed by atoms with Crippen LogP contribution in [-0.4, -0.2) is 0 Å². The molecule has 11 rings (SSSR count). The molecule has 0 heteroatoms. The van der Waals surface area contributed by atoms with E-state index in [1.165, 1.54) is 109 Å². The minimum Gasteiger partial charge on any atom is -0.0622 e. The number of hydrogen-bond acceptors (Lipinski definition) is 0. The van der Waals surface area contributed by atoms with Crippen LogP contribution >= 0.6 is 0 Å². The van der Waals surface area contributed by atoms with Crippen LogP contribution in [0.25, 0.3) is 109 Å². The third kappa shape index (κ3) is 4.64. The van der Waals surface area contributed by atoms with Gasteiger partial charge in [0.15, 0.2) is 0 Å². The molecule has 11 aromatic rings. The summed E-state index contributed by atoms with van der Waals surface area (Å²) in [6.07, 6.45) is 0. The molecule has 0 heterocycles. The van der Waals surface area contributed by atoms with Crippen LogP contribution in [0.1, 0.15) is 0 Å². The molecule has 0 saturated carbocycles. The molecule has 0 aliphatic heterocycles. The molecule has 0 aromatic heterocycles. The highest BCUT2D eigenvalue weighted by Crippen LogP contribution is 2.48. The van der Waals surface area contributed by atoms with Crippen molar-refractivity contribution in [2.24, 2.45) is 0 Å². The molecule has 0 bridgehead atoms. The van der Waals surface area contributed by atoms with E-state index in [2.05, 4.69) is 206 Å². The molecule has 0 spiro atoms. The molecule has 54 heavy (non-hydrogen) atoms. The van der Waals surface area contributed by atoms with Gasteiger partial charge in [0, 0.05) is 0 Å². The highest BCUT2D eigenvalue weighted by Gasteiger charge is 2.20. The lowest BCUT2D eigenvalue weighted by molar-refractivity contribution is 1.60. The van der Waals surface area contributed by atoms with E-state index in [0.29, 0.717) is 0 Å². The Morgan fingerprint density at radius 3 is 0.759 bits per heavy atom. The van der Waals surface area contributed by atoms with Crippen molar-refractivity contribution in [3.05, 3.63) is 206 Å². The Labute approximate surface area is 314 Å². The Kier molecular flexibility index (Phi) is 6.97. The SMILES string of the molecule is c1ccc(-c2ccc3c4ccccc4c4ccccc4c3c2-c2ccc(-c3c(-c4ccccc4)ccc4c5ccccc5c5ccccc5c34)cc2)cc1. The van der Waals surface area contributed by atoms with E-state index in [9.17, 15) is 0 Å². The first-order valence-electron chi connectivity index (χ1n) is 18.8. The fourth-order valence-corrected chi connectivity index (χ4v) is 9.11. The second kappa shape index (κ2) is 12.3. The van der Waals surface area contributed by atoms with E-state index < -0.39 is 0 Å². The van der Waals surface area contributed by atoms with Crippen LogP contribution in [0, 0.1) is 0 Å². The normalized spacial score (nSPS) is 11.7. The average Bonchev–Trinajstić information content (AvgIpc) is 3.26. The van der Waals surface area contributed by atoms with Gasteiger partial charge < -0.3 is 0 Å². The Morgan fingerprint density at radius 2 is 0.426 bits per heavy atom. The minimum atomic E-state index is 1.21. The maximum atomic E-state index is 2.36. The first kappa shape index (κ1) is 30.6. The largest absolute Gasteiger partial charge is 0.0622 e. The molecular weight excluding hydrogens is 649 g/mol. The van der Waals surface area contributed by atoms with Gasteiger partial charge in [-0.25, -0.2) is 0 Å². The van der Waals surface area contributed by atoms with Gasteiger partial charge in [-0.05, 0) is 109 Å². The third-order valence-electron chi connectivity index (χ3n) is 11.5. The molecule has 0 radical (unpaired) electrons. The maximum absolute atomic E-state index is 2.36. The first-order chi connectivity index (χ1) is 26.8. The van der Waals surface area contributed by atoms with Gasteiger partial charge in [-0.15, -0.1) is 0 Å². The molecule has 0 amide bonds. The monoisotopic (exact) mass is 682 g/mol. The van der Waals surface area contributed by atoms with E-state index in [4.69, 9.17) is 0 Å². The maximum Gasteiger partial charge on any atom is -0.00141 e. The number of fused-ring (bicyclic) bond motifs is 12. The molecule has 0 unspecified atom stereocenters. The van der Waals surface area contributed by atoms with Crippen molar-refractivity contribution in [1.29, 1.82) is 0 Å². The van der Waals surface area contributed by atoms with E-state index >= 15 is 0 Å². The second-order valence-electron chi connectivity index (χ2n) is 14.3. The van der Waals surface area contributed by atoms with Gasteiger partial charge in [0.2, 0.25) is 0 Å². The van der Waals surface area contributed by atoms with Crippen molar-refractivity contribution >= 4 is 64.6 Å². The molecule has 0 aliphatic rings. The summed E-state index contributed by atoms with van der Waals surface area (Å²) in [5.41, 5.74) is 9.87. The highest BCUT2D eigenvalue weighted by atomic mass is 14.2. The van der Waals surface area contributed by atoms with Crippen molar-refractivity contribution in [1.82, 2.24) is 0 Å². The fourth-order valence-electron chi connectivity index (χ4n) is 9.11. The van der Waals surface area contributed by atoms with Crippen LogP contribution in [0.4, 0.5) is 0 Å². The average molecular weight is 683 g/mol. The van der Waals surface area contributed by atoms with Crippen LogP contribution in [0.3, 0.4) is 0 Å². The van der Waals surface area contributed by atoms with E-state index in [1.54, 1.807) is 0 Å². The molecule has 250 valence electrons. The van der Waals surface area contributed by atoms with Gasteiger partial charge in [-0.2, -0.15) is 0 Å². The summed E-state index contributed by atoms with van der Waals surface area (Å²) in [5, 5.41) is 15.4. The van der Waals surface area contributed by atoms with Crippen molar-refractivity contribution in [3.63, 3.8) is 0 Å². The molecule has 0 atom stereocenters. The Bertz CT molecular complexity index is 2940. The number of rotatable bonds is 4. The quantitative estimate of drug-likeness (QED) is 0.162. The summed E-state index contributed by atoms with van der Waals surface area (Å²) in [7, 11) is 0. The van der Waals surface area contributed by atoms with E-state index in [1.807, 2.05) is 0 Å². The first-order valence-corrected chi connectivity index (χ1v) is 18.8. The Balaban J connectivity index is 1.23. The smallest absolute Gasteiger partial charge is 0.00141 e. The lowest BCUT2D eigenvalue weighted by Gasteiger charge is -2.20. The van der Waals surface area contributed by atoms with Crippen molar-refractivity contribution < 1.29 is 0 Å². The second-order valence-corrected chi connectivity index (χ2v) is 14.3. The molecular formula is C54H34. The van der Waals surface area contributed by atoms with Crippen LogP contribution in [-0.2, 0) is 0 Å². The zero-order valence-electron chi connectivity index (χ0n) is 29.6. The van der Waals surface area contributed by atoms with Crippen LogP contribution in [0.2, 0.25) is 0 Å². The van der Waals surface area contributed by atoms with Crippen molar-refractivity contribution in [2.75, 3.05) is 0 Å². The van der Waals surface area contributed by atoms with Gasteiger partial charge in [0.25, 0.3) is 0 Å². The zero-order valence-corrected chi connectivity index (χ0v) is 29.6. The minimum absolute atomic E-state index is 1.21. The molecule has 0 aliphatic carbocycles. The summed E-state index contributed by atoms with van der Waals surface area (Å²) in [6.45, 7) is 0. The van der Waals surface area contributed by atoms with Gasteiger partial charge in [-0.1, -0.05) is 206 Å². The predicted octanol–water partition coefficient (Wildman–Crippen LogP) is 15.3. The summed E-state index contributed by atoms with van der Waals surface area (Å²) >= 11 is 0. The van der Waals surface area contributed by atoms with Crippen molar-refractivity contribution in [2.45, 2.75) is 0 Å². The van der Waals surface area contributed by atoms with E-state index in [-0.39, 0.29) is 0 Å². The summed E-state index contributed by atoms with van der Waals surface area (Å²) in [5.74, 6) is 0. The molecule has 0 N–H and O–H groups in total. The zero-order chi connectivity index (χ0) is 35.6. The highest BCUT2D eigenvalue weighted by molar-refractivity contribution is 6.31. The van der Waals surface area contributed by atoms with Crippen LogP contribution < -0.4 is 0 Å². The van der Waals surface area contributed by atoms with Crippen LogP contribution in [0.5, 0.6) is 0 Å². The topological polar surface area (TPSA) is 0 Å². The van der Waals surface area contributed by atoms with Gasteiger partial charge >= 0.3 is 0 Å². The fraction of sp³-hybridized carbons (Fsp3) is 0. The van der Waals surface area contributed by atoms with Crippen molar-refractivity contribution in [3.8, 4) is 44.5 Å². The summed E-state index contributed by atoms with van der Waals surface area (Å²) < 4.78 is 0. The lowest BCUT2D eigenvalue weighted by Crippen LogP contribution is -1.93. The summed E-state index contributed by atoms with van der Waals surface area (Å²) in [4.78, 5) is 0. The van der Waals surface area contributed by atoms with Gasteiger partial charge in [0.05, 0.1) is 0 Å². The Morgan fingerprint density at radius 1 is 0.167 bits per heavy atom. The van der Waals surface area contributed by atoms with Gasteiger partial charge in [0.1, 0.15) is 0 Å². The lowest BCUT2D eigenvalue weighted by atomic mass is 9.83. The Hall–Kier alpha value is -7.02. The van der Waals surface area contributed by atoms with Gasteiger partial charge in [-0.3, -0.25) is 0 Å².